The molecule has 0 amide bonds. The van der Waals surface area contributed by atoms with Crippen LogP contribution in [-0.4, -0.2) is 24.0 Å². The Labute approximate surface area is 163 Å². The molecule has 0 bridgehead atoms. The first-order chi connectivity index (χ1) is 13.2. The van der Waals surface area contributed by atoms with Crippen LogP contribution in [0, 0.1) is 0 Å². The molecule has 0 saturated heterocycles. The van der Waals surface area contributed by atoms with Crippen LogP contribution in [0.15, 0.2) is 84.0 Å². The van der Waals surface area contributed by atoms with Crippen molar-refractivity contribution in [2.45, 2.75) is 12.1 Å². The van der Waals surface area contributed by atoms with Crippen molar-refractivity contribution in [1.29, 1.82) is 0 Å². The maximum absolute atomic E-state index is 11.2. The molecule has 0 aromatic heterocycles. The smallest absolute Gasteiger partial charge is 0.125 e. The number of ether oxygens (including phenoxy) is 1. The fraction of sp³-hybridized carbons (Fsp3) is 0.136. The van der Waals surface area contributed by atoms with E-state index in [0.29, 0.717) is 10.7 Å². The third-order valence-corrected chi connectivity index (χ3v) is 4.91. The van der Waals surface area contributed by atoms with Crippen molar-refractivity contribution < 1.29 is 9.84 Å². The maximum Gasteiger partial charge on any atom is 0.125 e. The highest BCUT2D eigenvalue weighted by atomic mass is 35.5. The topological polar surface area (TPSA) is 45.1 Å². The van der Waals surface area contributed by atoms with Gasteiger partial charge in [0.1, 0.15) is 17.9 Å². The van der Waals surface area contributed by atoms with Crippen molar-refractivity contribution in [1.82, 2.24) is 0 Å². The second-order valence-electron chi connectivity index (χ2n) is 6.34. The largest absolute Gasteiger partial charge is 0.497 e. The maximum atomic E-state index is 11.2. The Morgan fingerprint density at radius 3 is 2.41 bits per heavy atom. The minimum atomic E-state index is -0.793. The molecule has 3 aromatic rings. The van der Waals surface area contributed by atoms with Crippen molar-refractivity contribution in [3.63, 3.8) is 0 Å². The third-order valence-electron chi connectivity index (χ3n) is 4.66. The van der Waals surface area contributed by atoms with Gasteiger partial charge in [0.25, 0.3) is 0 Å². The first-order valence-electron chi connectivity index (χ1n) is 8.68. The van der Waals surface area contributed by atoms with Crippen LogP contribution in [-0.2, 0) is 0 Å². The van der Waals surface area contributed by atoms with E-state index in [-0.39, 0.29) is 6.04 Å². The number of para-hydroxylation sites is 1. The van der Waals surface area contributed by atoms with E-state index in [4.69, 9.17) is 21.4 Å². The van der Waals surface area contributed by atoms with Gasteiger partial charge in [0.2, 0.25) is 0 Å². The molecule has 27 heavy (non-hydrogen) atoms. The highest BCUT2D eigenvalue weighted by molar-refractivity contribution is 6.30. The zero-order valence-corrected chi connectivity index (χ0v) is 15.5. The Kier molecular flexibility index (Phi) is 4.84. The molecule has 3 aromatic carbocycles. The standard InChI is InChI=1S/C22H19ClN2O2/c1-27-19-9-5-6-16(14-19)20-22(26)21(15-10-12-17(23)13-11-15)25(24-20)18-7-3-2-4-8-18/h2-14,21-22,26H,1H3. The molecule has 5 heteroatoms. The lowest BCUT2D eigenvalue weighted by Crippen LogP contribution is -2.29. The summed E-state index contributed by atoms with van der Waals surface area (Å²) in [5.41, 5.74) is 3.30. The second-order valence-corrected chi connectivity index (χ2v) is 6.77. The Balaban J connectivity index is 1.80. The van der Waals surface area contributed by atoms with Crippen LogP contribution in [0.4, 0.5) is 5.69 Å². The van der Waals surface area contributed by atoms with E-state index in [1.54, 1.807) is 7.11 Å². The summed E-state index contributed by atoms with van der Waals surface area (Å²) < 4.78 is 5.32. The van der Waals surface area contributed by atoms with Crippen molar-refractivity contribution in [2.75, 3.05) is 12.1 Å². The third kappa shape index (κ3) is 3.42. The fourth-order valence-corrected chi connectivity index (χ4v) is 3.44. The van der Waals surface area contributed by atoms with Gasteiger partial charge in [0, 0.05) is 10.6 Å². The molecule has 0 aliphatic carbocycles. The van der Waals surface area contributed by atoms with Crippen molar-refractivity contribution in [2.24, 2.45) is 5.10 Å². The summed E-state index contributed by atoms with van der Waals surface area (Å²) in [7, 11) is 1.62. The number of aliphatic hydroxyl groups excluding tert-OH is 1. The molecule has 136 valence electrons. The van der Waals surface area contributed by atoms with Gasteiger partial charge < -0.3 is 9.84 Å². The second kappa shape index (κ2) is 7.43. The number of hydrazone groups is 1. The monoisotopic (exact) mass is 378 g/mol. The van der Waals surface area contributed by atoms with Gasteiger partial charge in [-0.2, -0.15) is 5.10 Å². The van der Waals surface area contributed by atoms with E-state index in [1.165, 1.54) is 0 Å². The first-order valence-corrected chi connectivity index (χ1v) is 9.06. The van der Waals surface area contributed by atoms with Gasteiger partial charge >= 0.3 is 0 Å². The average Bonchev–Trinajstić information content (AvgIpc) is 3.06. The van der Waals surface area contributed by atoms with Gasteiger partial charge in [-0.05, 0) is 42.0 Å². The highest BCUT2D eigenvalue weighted by Gasteiger charge is 2.38. The van der Waals surface area contributed by atoms with E-state index in [9.17, 15) is 5.11 Å². The zero-order chi connectivity index (χ0) is 18.8. The lowest BCUT2D eigenvalue weighted by atomic mass is 9.95. The molecule has 0 saturated carbocycles. The number of halogens is 1. The number of aliphatic hydroxyl groups is 1. The fourth-order valence-electron chi connectivity index (χ4n) is 3.31. The molecular formula is C22H19ClN2O2. The van der Waals surface area contributed by atoms with Crippen LogP contribution in [0.2, 0.25) is 5.02 Å². The quantitative estimate of drug-likeness (QED) is 0.717. The molecule has 4 rings (SSSR count). The van der Waals surface area contributed by atoms with Crippen molar-refractivity contribution in [3.05, 3.63) is 95.0 Å². The van der Waals surface area contributed by atoms with Gasteiger partial charge in [0.15, 0.2) is 0 Å². The predicted molar refractivity (Wildman–Crippen MR) is 109 cm³/mol. The number of rotatable bonds is 4. The molecular weight excluding hydrogens is 360 g/mol. The SMILES string of the molecule is COc1cccc(C2=NN(c3ccccc3)C(c3ccc(Cl)cc3)C2O)c1. The molecule has 0 spiro atoms. The Morgan fingerprint density at radius 1 is 0.963 bits per heavy atom. The van der Waals surface area contributed by atoms with Crippen LogP contribution < -0.4 is 9.75 Å². The zero-order valence-electron chi connectivity index (χ0n) is 14.8. The van der Waals surface area contributed by atoms with Crippen LogP contribution in [0.3, 0.4) is 0 Å². The van der Waals surface area contributed by atoms with E-state index in [0.717, 1.165) is 22.6 Å². The summed E-state index contributed by atoms with van der Waals surface area (Å²) >= 11 is 6.05. The molecule has 0 radical (unpaired) electrons. The number of hydrogen-bond donors (Lipinski definition) is 1. The van der Waals surface area contributed by atoms with E-state index in [2.05, 4.69) is 0 Å². The van der Waals surface area contributed by atoms with Crippen LogP contribution in [0.25, 0.3) is 0 Å². The van der Waals surface area contributed by atoms with Gasteiger partial charge in [-0.1, -0.05) is 54.1 Å². The Morgan fingerprint density at radius 2 is 1.70 bits per heavy atom. The summed E-state index contributed by atoms with van der Waals surface area (Å²) in [6.07, 6.45) is -0.793. The molecule has 1 aliphatic heterocycles. The highest BCUT2D eigenvalue weighted by Crippen LogP contribution is 2.37. The van der Waals surface area contributed by atoms with Crippen LogP contribution in [0.1, 0.15) is 17.2 Å². The summed E-state index contributed by atoms with van der Waals surface area (Å²) in [5, 5.41) is 18.5. The number of nitrogens with zero attached hydrogens (tertiary/aromatic N) is 2. The minimum Gasteiger partial charge on any atom is -0.497 e. The molecule has 4 nitrogen and oxygen atoms in total. The van der Waals surface area contributed by atoms with E-state index in [1.807, 2.05) is 83.9 Å². The van der Waals surface area contributed by atoms with Gasteiger partial charge in [-0.15, -0.1) is 0 Å². The molecule has 1 N–H and O–H groups in total. The first kappa shape index (κ1) is 17.6. The Bertz CT molecular complexity index is 958. The van der Waals surface area contributed by atoms with Crippen molar-refractivity contribution in [3.8, 4) is 5.75 Å². The van der Waals surface area contributed by atoms with Gasteiger partial charge in [-0.3, -0.25) is 5.01 Å². The van der Waals surface area contributed by atoms with Crippen LogP contribution >= 0.6 is 11.6 Å². The van der Waals surface area contributed by atoms with E-state index >= 15 is 0 Å². The average molecular weight is 379 g/mol. The molecule has 2 atom stereocenters. The number of anilines is 1. The van der Waals surface area contributed by atoms with Crippen molar-refractivity contribution >= 4 is 23.0 Å². The minimum absolute atomic E-state index is 0.342. The molecule has 1 aliphatic rings. The molecule has 2 unspecified atom stereocenters. The number of methoxy groups -OCH3 is 1. The van der Waals surface area contributed by atoms with Crippen LogP contribution in [0.5, 0.6) is 5.75 Å². The normalized spacial score (nSPS) is 19.1. The molecule has 0 fully saturated rings. The van der Waals surface area contributed by atoms with E-state index < -0.39 is 6.10 Å². The summed E-state index contributed by atoms with van der Waals surface area (Å²) in [6.45, 7) is 0. The summed E-state index contributed by atoms with van der Waals surface area (Å²) in [5.74, 6) is 0.726. The number of hydrogen-bond acceptors (Lipinski definition) is 4. The summed E-state index contributed by atoms with van der Waals surface area (Å²) in [4.78, 5) is 0. The Hall–Kier alpha value is -2.82. The predicted octanol–water partition coefficient (Wildman–Crippen LogP) is 4.68. The number of benzene rings is 3. The lowest BCUT2D eigenvalue weighted by molar-refractivity contribution is 0.217. The van der Waals surface area contributed by atoms with Gasteiger partial charge in [-0.25, -0.2) is 0 Å². The van der Waals surface area contributed by atoms with Gasteiger partial charge in [0.05, 0.1) is 18.5 Å². The summed E-state index contributed by atoms with van der Waals surface area (Å²) in [6, 6.07) is 24.6. The molecule has 1 heterocycles. The lowest BCUT2D eigenvalue weighted by Gasteiger charge is -2.26.